The molecule has 0 aromatic heterocycles. The van der Waals surface area contributed by atoms with Gasteiger partial charge in [0.2, 0.25) is 10.0 Å². The Kier molecular flexibility index (Phi) is 5.15. The van der Waals surface area contributed by atoms with Crippen LogP contribution in [-0.4, -0.2) is 30.7 Å². The van der Waals surface area contributed by atoms with E-state index in [4.69, 9.17) is 0 Å². The first-order valence-electron chi connectivity index (χ1n) is 8.25. The lowest BCUT2D eigenvalue weighted by Gasteiger charge is -2.31. The van der Waals surface area contributed by atoms with Crippen LogP contribution in [0.5, 0.6) is 0 Å². The Bertz CT molecular complexity index is 827. The van der Waals surface area contributed by atoms with Crippen molar-refractivity contribution in [1.29, 1.82) is 0 Å². The van der Waals surface area contributed by atoms with Gasteiger partial charge >= 0.3 is 0 Å². The Balaban J connectivity index is 1.64. The number of nitro benzene ring substituents is 1. The van der Waals surface area contributed by atoms with Crippen LogP contribution in [0, 0.1) is 16.0 Å². The van der Waals surface area contributed by atoms with Crippen LogP contribution >= 0.6 is 0 Å². The number of hydrogen-bond donors (Lipinski definition) is 0. The van der Waals surface area contributed by atoms with Crippen LogP contribution in [0.25, 0.3) is 0 Å². The third-order valence-electron chi connectivity index (χ3n) is 4.63. The van der Waals surface area contributed by atoms with Gasteiger partial charge in [0.1, 0.15) is 0 Å². The van der Waals surface area contributed by atoms with E-state index in [0.717, 1.165) is 19.3 Å². The van der Waals surface area contributed by atoms with Crippen molar-refractivity contribution in [2.24, 2.45) is 5.92 Å². The van der Waals surface area contributed by atoms with E-state index >= 15 is 0 Å². The Labute approximate surface area is 147 Å². The molecule has 2 aromatic rings. The van der Waals surface area contributed by atoms with Crippen molar-refractivity contribution in [1.82, 2.24) is 4.31 Å². The monoisotopic (exact) mass is 360 g/mol. The topological polar surface area (TPSA) is 80.5 Å². The fourth-order valence-corrected chi connectivity index (χ4v) is 4.66. The fourth-order valence-electron chi connectivity index (χ4n) is 3.19. The van der Waals surface area contributed by atoms with E-state index in [-0.39, 0.29) is 10.6 Å². The Hall–Kier alpha value is -2.25. The van der Waals surface area contributed by atoms with Crippen molar-refractivity contribution in [2.75, 3.05) is 13.1 Å². The van der Waals surface area contributed by atoms with Crippen LogP contribution in [0.4, 0.5) is 5.69 Å². The molecule has 1 fully saturated rings. The van der Waals surface area contributed by atoms with Crippen molar-refractivity contribution in [2.45, 2.75) is 24.2 Å². The number of rotatable bonds is 5. The van der Waals surface area contributed by atoms with Gasteiger partial charge in [-0.2, -0.15) is 4.31 Å². The molecule has 0 spiro atoms. The van der Waals surface area contributed by atoms with Crippen molar-refractivity contribution < 1.29 is 13.3 Å². The molecule has 2 aromatic carbocycles. The molecule has 0 N–H and O–H groups in total. The third-order valence-corrected chi connectivity index (χ3v) is 6.54. The molecule has 6 nitrogen and oxygen atoms in total. The summed E-state index contributed by atoms with van der Waals surface area (Å²) in [5, 5.41) is 10.7. The molecule has 1 saturated heterocycles. The maximum Gasteiger partial charge on any atom is 0.269 e. The lowest BCUT2D eigenvalue weighted by molar-refractivity contribution is -0.384. The maximum atomic E-state index is 12.7. The molecule has 7 heteroatoms. The lowest BCUT2D eigenvalue weighted by atomic mass is 9.91. The molecular weight excluding hydrogens is 340 g/mol. The molecule has 0 bridgehead atoms. The minimum absolute atomic E-state index is 0.111. The molecule has 0 amide bonds. The number of nitrogens with zero attached hydrogens (tertiary/aromatic N) is 2. The first-order chi connectivity index (χ1) is 12.0. The number of nitro groups is 1. The molecule has 0 aliphatic carbocycles. The molecule has 3 rings (SSSR count). The van der Waals surface area contributed by atoms with Crippen LogP contribution in [0.3, 0.4) is 0 Å². The van der Waals surface area contributed by atoms with Gasteiger partial charge in [0.15, 0.2) is 0 Å². The third kappa shape index (κ3) is 4.05. The molecule has 1 heterocycles. The van der Waals surface area contributed by atoms with Crippen LogP contribution < -0.4 is 0 Å². The summed E-state index contributed by atoms with van der Waals surface area (Å²) in [5.74, 6) is 0.478. The van der Waals surface area contributed by atoms with Gasteiger partial charge in [0.25, 0.3) is 5.69 Å². The molecule has 1 aliphatic rings. The van der Waals surface area contributed by atoms with Crippen LogP contribution in [0.1, 0.15) is 18.4 Å². The summed E-state index contributed by atoms with van der Waals surface area (Å²) in [7, 11) is -3.59. The normalized spacial score (nSPS) is 16.6. The van der Waals surface area contributed by atoms with Gasteiger partial charge in [-0.05, 0) is 42.9 Å². The zero-order chi connectivity index (χ0) is 17.9. The van der Waals surface area contributed by atoms with Crippen LogP contribution in [0.15, 0.2) is 59.5 Å². The summed E-state index contributed by atoms with van der Waals surface area (Å²) in [6.45, 7) is 0.966. The number of hydrogen-bond acceptors (Lipinski definition) is 4. The molecule has 0 saturated carbocycles. The first-order valence-corrected chi connectivity index (χ1v) is 9.69. The van der Waals surface area contributed by atoms with E-state index in [0.29, 0.717) is 19.0 Å². The second-order valence-electron chi connectivity index (χ2n) is 6.29. The zero-order valence-electron chi connectivity index (χ0n) is 13.7. The smallest absolute Gasteiger partial charge is 0.258 e. The maximum absolute atomic E-state index is 12.7. The zero-order valence-corrected chi connectivity index (χ0v) is 14.6. The predicted octanol–water partition coefficient (Wildman–Crippen LogP) is 3.24. The summed E-state index contributed by atoms with van der Waals surface area (Å²) < 4.78 is 26.9. The van der Waals surface area contributed by atoms with Crippen molar-refractivity contribution >= 4 is 15.7 Å². The van der Waals surface area contributed by atoms with E-state index in [9.17, 15) is 18.5 Å². The highest BCUT2D eigenvalue weighted by atomic mass is 32.2. The average molecular weight is 360 g/mol. The highest BCUT2D eigenvalue weighted by molar-refractivity contribution is 7.89. The van der Waals surface area contributed by atoms with E-state index in [1.54, 1.807) is 0 Å². The predicted molar refractivity (Wildman–Crippen MR) is 94.7 cm³/mol. The minimum atomic E-state index is -3.59. The molecule has 0 atom stereocenters. The number of sulfonamides is 1. The van der Waals surface area contributed by atoms with Crippen molar-refractivity contribution in [3.63, 3.8) is 0 Å². The lowest BCUT2D eigenvalue weighted by Crippen LogP contribution is -2.38. The van der Waals surface area contributed by atoms with Gasteiger partial charge < -0.3 is 0 Å². The van der Waals surface area contributed by atoms with Gasteiger partial charge in [-0.3, -0.25) is 10.1 Å². The summed E-state index contributed by atoms with van der Waals surface area (Å²) in [6.07, 6.45) is 2.61. The molecule has 1 aliphatic heterocycles. The quantitative estimate of drug-likeness (QED) is 0.605. The highest BCUT2D eigenvalue weighted by Gasteiger charge is 2.29. The summed E-state index contributed by atoms with van der Waals surface area (Å²) in [6, 6.07) is 15.3. The largest absolute Gasteiger partial charge is 0.269 e. The van der Waals surface area contributed by atoms with Gasteiger partial charge in [0.05, 0.1) is 9.82 Å². The van der Waals surface area contributed by atoms with Gasteiger partial charge in [-0.25, -0.2) is 8.42 Å². The number of piperidine rings is 1. The molecule has 132 valence electrons. The first kappa shape index (κ1) is 17.6. The Morgan fingerprint density at radius 2 is 1.60 bits per heavy atom. The molecular formula is C18H20N2O4S. The second kappa shape index (κ2) is 7.33. The Morgan fingerprint density at radius 1 is 1.00 bits per heavy atom. The Morgan fingerprint density at radius 3 is 2.16 bits per heavy atom. The molecule has 0 radical (unpaired) electrons. The van der Waals surface area contributed by atoms with Crippen molar-refractivity contribution in [3.8, 4) is 0 Å². The second-order valence-corrected chi connectivity index (χ2v) is 8.23. The van der Waals surface area contributed by atoms with Crippen molar-refractivity contribution in [3.05, 3.63) is 70.3 Å². The molecule has 0 unspecified atom stereocenters. The van der Waals surface area contributed by atoms with Gasteiger partial charge in [-0.1, -0.05) is 30.3 Å². The van der Waals surface area contributed by atoms with E-state index in [1.807, 2.05) is 18.2 Å². The molecule has 25 heavy (non-hydrogen) atoms. The van der Waals surface area contributed by atoms with E-state index < -0.39 is 14.9 Å². The van der Waals surface area contributed by atoms with E-state index in [2.05, 4.69) is 12.1 Å². The standard InChI is InChI=1S/C18H20N2O4S/c21-20(22)17-6-8-18(9-7-17)25(23,24)19-12-10-16(11-13-19)14-15-4-2-1-3-5-15/h1-9,16H,10-14H2. The minimum Gasteiger partial charge on any atom is -0.258 e. The van der Waals surface area contributed by atoms with Gasteiger partial charge in [-0.15, -0.1) is 0 Å². The summed E-state index contributed by atoms with van der Waals surface area (Å²) >= 11 is 0. The summed E-state index contributed by atoms with van der Waals surface area (Å²) in [5.41, 5.74) is 1.17. The SMILES string of the molecule is O=[N+]([O-])c1ccc(S(=O)(=O)N2CCC(Cc3ccccc3)CC2)cc1. The number of benzene rings is 2. The summed E-state index contributed by atoms with van der Waals surface area (Å²) in [4.78, 5) is 10.3. The fraction of sp³-hybridized carbons (Fsp3) is 0.333. The van der Waals surface area contributed by atoms with Crippen LogP contribution in [-0.2, 0) is 16.4 Å². The number of non-ortho nitro benzene ring substituents is 1. The average Bonchev–Trinajstić information content (AvgIpc) is 2.63. The van der Waals surface area contributed by atoms with Gasteiger partial charge in [0, 0.05) is 25.2 Å². The van der Waals surface area contributed by atoms with Crippen LogP contribution in [0.2, 0.25) is 0 Å². The highest BCUT2D eigenvalue weighted by Crippen LogP contribution is 2.27. The van der Waals surface area contributed by atoms with E-state index in [1.165, 1.54) is 34.1 Å².